The van der Waals surface area contributed by atoms with E-state index in [-0.39, 0.29) is 29.2 Å². The Hall–Kier alpha value is -2.89. The quantitative estimate of drug-likeness (QED) is 0.171. The molecule has 0 saturated carbocycles. The number of aryl methyl sites for hydroxylation is 1. The molecular weight excluding hydrogens is 461 g/mol. The van der Waals surface area contributed by atoms with Crippen LogP contribution in [-0.4, -0.2) is 19.3 Å². The minimum absolute atomic E-state index is 0.197. The summed E-state index contributed by atoms with van der Waals surface area (Å²) in [5, 5.41) is 0. The van der Waals surface area contributed by atoms with Crippen LogP contribution >= 0.6 is 0 Å². The molecule has 0 N–H and O–H groups in total. The third kappa shape index (κ3) is 5.58. The van der Waals surface area contributed by atoms with Gasteiger partial charge in [-0.3, -0.25) is 0 Å². The zero-order valence-electron chi connectivity index (χ0n) is 20.3. The molecule has 5 heteroatoms. The number of hydrogen-bond donors (Lipinski definition) is 0. The van der Waals surface area contributed by atoms with Crippen LogP contribution in [-0.2, 0) is 15.9 Å². The van der Waals surface area contributed by atoms with E-state index >= 15 is 0 Å². The fraction of sp³-hybridized carbons (Fsp3) is 0.355. The Labute approximate surface area is 210 Å². The van der Waals surface area contributed by atoms with E-state index in [0.29, 0.717) is 24.5 Å². The molecule has 3 aromatic rings. The van der Waals surface area contributed by atoms with Gasteiger partial charge in [-0.15, -0.1) is 6.58 Å². The fourth-order valence-corrected chi connectivity index (χ4v) is 5.02. The minimum atomic E-state index is -0.872. The van der Waals surface area contributed by atoms with Gasteiger partial charge in [0, 0.05) is 11.1 Å². The van der Waals surface area contributed by atoms with E-state index in [4.69, 9.17) is 9.47 Å². The number of hydrogen-bond acceptors (Lipinski definition) is 2. The summed E-state index contributed by atoms with van der Waals surface area (Å²) in [5.41, 5.74) is 3.33. The summed E-state index contributed by atoms with van der Waals surface area (Å²) < 4.78 is 54.7. The maximum atomic E-state index is 14.8. The average Bonchev–Trinajstić information content (AvgIpc) is 3.75. The smallest absolute Gasteiger partial charge is 0.167 e. The molecule has 2 aliphatic rings. The van der Waals surface area contributed by atoms with Crippen LogP contribution in [0.4, 0.5) is 13.2 Å². The first kappa shape index (κ1) is 24.8. The van der Waals surface area contributed by atoms with Crippen LogP contribution in [0, 0.1) is 23.4 Å². The average molecular weight is 493 g/mol. The first-order chi connectivity index (χ1) is 17.5. The van der Waals surface area contributed by atoms with Crippen molar-refractivity contribution in [3.63, 3.8) is 0 Å². The second-order valence-electron chi connectivity index (χ2n) is 9.83. The summed E-state index contributed by atoms with van der Waals surface area (Å²) >= 11 is 0. The van der Waals surface area contributed by atoms with E-state index in [1.807, 2.05) is 30.3 Å². The molecule has 0 amide bonds. The highest BCUT2D eigenvalue weighted by Gasteiger charge is 2.30. The van der Waals surface area contributed by atoms with E-state index in [1.165, 1.54) is 6.42 Å². The van der Waals surface area contributed by atoms with Gasteiger partial charge in [0.1, 0.15) is 11.9 Å². The molecule has 3 aromatic carbocycles. The highest BCUT2D eigenvalue weighted by Crippen LogP contribution is 2.36. The Morgan fingerprint density at radius 2 is 1.56 bits per heavy atom. The molecule has 0 bridgehead atoms. The molecule has 188 valence electrons. The van der Waals surface area contributed by atoms with Gasteiger partial charge in [0.05, 0.1) is 19.3 Å². The van der Waals surface area contributed by atoms with Gasteiger partial charge in [0.2, 0.25) is 0 Å². The topological polar surface area (TPSA) is 21.8 Å². The Bertz CT molecular complexity index is 1210. The lowest BCUT2D eigenvalue weighted by Crippen LogP contribution is -2.24. The second-order valence-corrected chi connectivity index (χ2v) is 9.83. The molecule has 2 fully saturated rings. The molecule has 2 nitrogen and oxygen atoms in total. The summed E-state index contributed by atoms with van der Waals surface area (Å²) in [5.74, 6) is -1.35. The zero-order chi connectivity index (χ0) is 25.1. The largest absolute Gasteiger partial charge is 0.374 e. The van der Waals surface area contributed by atoms with Crippen LogP contribution in [0.15, 0.2) is 67.3 Å². The van der Waals surface area contributed by atoms with Crippen LogP contribution < -0.4 is 0 Å². The van der Waals surface area contributed by atoms with E-state index in [9.17, 15) is 13.2 Å². The van der Waals surface area contributed by atoms with Gasteiger partial charge < -0.3 is 9.47 Å². The highest BCUT2D eigenvalue weighted by molar-refractivity contribution is 5.71. The van der Waals surface area contributed by atoms with Crippen molar-refractivity contribution in [3.05, 3.63) is 95.8 Å². The van der Waals surface area contributed by atoms with Gasteiger partial charge in [-0.1, -0.05) is 61.0 Å². The summed E-state index contributed by atoms with van der Waals surface area (Å²) in [6, 6.07) is 15.6. The molecule has 3 atom stereocenters. The Balaban J connectivity index is 1.18. The first-order valence-electron chi connectivity index (χ1n) is 12.8. The van der Waals surface area contributed by atoms with Gasteiger partial charge in [-0.25, -0.2) is 13.2 Å². The lowest BCUT2D eigenvalue weighted by molar-refractivity contribution is 0.00807. The monoisotopic (exact) mass is 492 g/mol. The van der Waals surface area contributed by atoms with Gasteiger partial charge in [0.25, 0.3) is 0 Å². The van der Waals surface area contributed by atoms with Crippen molar-refractivity contribution in [1.82, 2.24) is 0 Å². The Morgan fingerprint density at radius 1 is 0.806 bits per heavy atom. The van der Waals surface area contributed by atoms with Gasteiger partial charge in [-0.05, 0) is 66.3 Å². The summed E-state index contributed by atoms with van der Waals surface area (Å²) in [6.07, 6.45) is 7.76. The highest BCUT2D eigenvalue weighted by atomic mass is 19.2. The number of ether oxygens (including phenoxy) is 2. The SMILES string of the molecule is C=CC1CCC(CCCCc2ccc(-c3ccc(-c4ccc(C5CO5)c(F)c4F)cc3)cc2F)CO1. The van der Waals surface area contributed by atoms with Crippen molar-refractivity contribution in [1.29, 1.82) is 0 Å². The van der Waals surface area contributed by atoms with Gasteiger partial charge in [-0.2, -0.15) is 0 Å². The Kier molecular flexibility index (Phi) is 7.59. The molecule has 0 aliphatic carbocycles. The predicted molar refractivity (Wildman–Crippen MR) is 136 cm³/mol. The first-order valence-corrected chi connectivity index (χ1v) is 12.8. The number of benzene rings is 3. The molecule has 5 rings (SSSR count). The van der Waals surface area contributed by atoms with Crippen molar-refractivity contribution < 1.29 is 22.6 Å². The third-order valence-corrected chi connectivity index (χ3v) is 7.35. The molecule has 3 unspecified atom stereocenters. The maximum Gasteiger partial charge on any atom is 0.167 e. The molecule has 2 saturated heterocycles. The van der Waals surface area contributed by atoms with Crippen LogP contribution in [0.5, 0.6) is 0 Å². The molecule has 0 spiro atoms. The summed E-state index contributed by atoms with van der Waals surface area (Å²) in [4.78, 5) is 0. The molecular formula is C31H31F3O2. The van der Waals surface area contributed by atoms with Crippen molar-refractivity contribution in [2.45, 2.75) is 50.7 Å². The molecule has 36 heavy (non-hydrogen) atoms. The fourth-order valence-electron chi connectivity index (χ4n) is 5.02. The summed E-state index contributed by atoms with van der Waals surface area (Å²) in [6.45, 7) is 5.01. The Morgan fingerprint density at radius 3 is 2.22 bits per heavy atom. The van der Waals surface area contributed by atoms with Crippen LogP contribution in [0.2, 0.25) is 0 Å². The van der Waals surface area contributed by atoms with Crippen LogP contribution in [0.1, 0.15) is 49.3 Å². The van der Waals surface area contributed by atoms with Crippen molar-refractivity contribution in [2.75, 3.05) is 13.2 Å². The number of rotatable bonds is 9. The molecule has 2 heterocycles. The lowest BCUT2D eigenvalue weighted by atomic mass is 9.92. The minimum Gasteiger partial charge on any atom is -0.374 e. The molecule has 0 aromatic heterocycles. The van der Waals surface area contributed by atoms with Crippen molar-refractivity contribution in [3.8, 4) is 22.3 Å². The second kappa shape index (κ2) is 11.0. The van der Waals surface area contributed by atoms with E-state index in [1.54, 1.807) is 30.3 Å². The van der Waals surface area contributed by atoms with E-state index in [2.05, 4.69) is 6.58 Å². The number of epoxide rings is 1. The third-order valence-electron chi connectivity index (χ3n) is 7.35. The van der Waals surface area contributed by atoms with Crippen molar-refractivity contribution >= 4 is 0 Å². The lowest BCUT2D eigenvalue weighted by Gasteiger charge is -2.27. The van der Waals surface area contributed by atoms with Crippen LogP contribution in [0.3, 0.4) is 0 Å². The zero-order valence-corrected chi connectivity index (χ0v) is 20.3. The number of unbranched alkanes of at least 4 members (excludes halogenated alkanes) is 1. The normalized spacial score (nSPS) is 21.4. The van der Waals surface area contributed by atoms with E-state index < -0.39 is 11.6 Å². The van der Waals surface area contributed by atoms with Gasteiger partial charge >= 0.3 is 0 Å². The predicted octanol–water partition coefficient (Wildman–Crippen LogP) is 8.20. The van der Waals surface area contributed by atoms with Crippen molar-refractivity contribution in [2.24, 2.45) is 5.92 Å². The van der Waals surface area contributed by atoms with Gasteiger partial charge in [0.15, 0.2) is 11.6 Å². The molecule has 2 aliphatic heterocycles. The number of halogens is 3. The molecule has 0 radical (unpaired) electrons. The van der Waals surface area contributed by atoms with E-state index in [0.717, 1.165) is 49.0 Å². The van der Waals surface area contributed by atoms with Crippen LogP contribution in [0.25, 0.3) is 22.3 Å². The summed E-state index contributed by atoms with van der Waals surface area (Å²) in [7, 11) is 0. The maximum absolute atomic E-state index is 14.8. The standard InChI is InChI=1S/C31H31F3O2/c1-2-25-14-7-20(18-35-25)5-3-4-6-23-12-13-24(17-28(23)32)21-8-10-22(11-9-21)26-15-16-27(29-19-36-29)31(34)30(26)33/h2,8-13,15-17,20,25,29H,1,3-7,14,18-19H2.